The summed E-state index contributed by atoms with van der Waals surface area (Å²) in [6.45, 7) is 8.53. The van der Waals surface area contributed by atoms with E-state index in [1.54, 1.807) is 12.4 Å². The summed E-state index contributed by atoms with van der Waals surface area (Å²) in [5.74, 6) is 0.685. The number of aryl methyl sites for hydroxylation is 2. The van der Waals surface area contributed by atoms with Crippen LogP contribution >= 0.6 is 0 Å². The molecule has 26 heavy (non-hydrogen) atoms. The average Bonchev–Trinajstić information content (AvgIpc) is 3.12. The Kier molecular flexibility index (Phi) is 5.21. The summed E-state index contributed by atoms with van der Waals surface area (Å²) in [4.78, 5) is 17.0. The fourth-order valence-electron chi connectivity index (χ4n) is 3.07. The molecule has 0 radical (unpaired) electrons. The zero-order valence-corrected chi connectivity index (χ0v) is 15.7. The van der Waals surface area contributed by atoms with Crippen molar-refractivity contribution in [3.8, 4) is 0 Å². The van der Waals surface area contributed by atoms with Crippen LogP contribution in [0.2, 0.25) is 0 Å². The van der Waals surface area contributed by atoms with Gasteiger partial charge in [-0.05, 0) is 43.0 Å². The van der Waals surface area contributed by atoms with Crippen molar-refractivity contribution in [2.75, 3.05) is 0 Å². The molecule has 0 aliphatic heterocycles. The van der Waals surface area contributed by atoms with Gasteiger partial charge < -0.3 is 4.74 Å². The number of imidazole rings is 1. The molecule has 3 aromatic rings. The average molecular weight is 348 g/mol. The van der Waals surface area contributed by atoms with E-state index >= 15 is 0 Å². The van der Waals surface area contributed by atoms with Crippen molar-refractivity contribution in [1.82, 2.24) is 9.55 Å². The lowest BCUT2D eigenvalue weighted by Gasteiger charge is -2.17. The number of hydrogen-bond acceptors (Lipinski definition) is 3. The molecule has 4 nitrogen and oxygen atoms in total. The quantitative estimate of drug-likeness (QED) is 0.655. The number of hydrogen-bond donors (Lipinski definition) is 0. The maximum Gasteiger partial charge on any atom is 0.419 e. The van der Waals surface area contributed by atoms with Gasteiger partial charge in [0.1, 0.15) is 12.4 Å². The molecule has 0 saturated heterocycles. The van der Waals surface area contributed by atoms with Gasteiger partial charge in [0.25, 0.3) is 0 Å². The van der Waals surface area contributed by atoms with Crippen molar-refractivity contribution in [3.63, 3.8) is 0 Å². The molecule has 0 aliphatic carbocycles. The Hall–Kier alpha value is -2.88. The fourth-order valence-corrected chi connectivity index (χ4v) is 3.07. The molecule has 0 bridgehead atoms. The van der Waals surface area contributed by atoms with Crippen molar-refractivity contribution >= 4 is 6.09 Å². The molecular formula is C22H24N2O2. The molecule has 0 amide bonds. The second kappa shape index (κ2) is 7.56. The first kappa shape index (κ1) is 17.9. The van der Waals surface area contributed by atoms with E-state index in [0.29, 0.717) is 5.82 Å². The molecule has 0 aliphatic rings. The monoisotopic (exact) mass is 348 g/mol. The van der Waals surface area contributed by atoms with Gasteiger partial charge >= 0.3 is 6.09 Å². The lowest BCUT2D eigenvalue weighted by atomic mass is 9.93. The summed E-state index contributed by atoms with van der Waals surface area (Å²) in [5.41, 5.74) is 5.77. The van der Waals surface area contributed by atoms with Gasteiger partial charge in [-0.2, -0.15) is 0 Å². The largest absolute Gasteiger partial charge is 0.444 e. The van der Waals surface area contributed by atoms with Gasteiger partial charge in [0.15, 0.2) is 0 Å². The predicted molar refractivity (Wildman–Crippen MR) is 102 cm³/mol. The van der Waals surface area contributed by atoms with E-state index in [0.717, 1.165) is 5.56 Å². The van der Waals surface area contributed by atoms with Crippen LogP contribution in [0.4, 0.5) is 4.79 Å². The highest BCUT2D eigenvalue weighted by molar-refractivity contribution is 5.71. The van der Waals surface area contributed by atoms with E-state index in [4.69, 9.17) is 4.74 Å². The summed E-state index contributed by atoms with van der Waals surface area (Å²) in [5, 5.41) is 0. The number of nitrogens with zero attached hydrogens (tertiary/aromatic N) is 2. The number of rotatable bonds is 4. The highest BCUT2D eigenvalue weighted by atomic mass is 16.5. The van der Waals surface area contributed by atoms with E-state index < -0.39 is 6.09 Å². The van der Waals surface area contributed by atoms with Crippen LogP contribution in [-0.2, 0) is 11.3 Å². The van der Waals surface area contributed by atoms with Gasteiger partial charge in [-0.25, -0.2) is 14.3 Å². The van der Waals surface area contributed by atoms with E-state index in [9.17, 15) is 4.79 Å². The van der Waals surface area contributed by atoms with Crippen LogP contribution in [0.25, 0.3) is 0 Å². The van der Waals surface area contributed by atoms with Gasteiger partial charge in [0.2, 0.25) is 0 Å². The van der Waals surface area contributed by atoms with Crippen LogP contribution in [0, 0.1) is 20.8 Å². The molecule has 0 saturated carbocycles. The van der Waals surface area contributed by atoms with Crippen molar-refractivity contribution in [1.29, 1.82) is 0 Å². The summed E-state index contributed by atoms with van der Waals surface area (Å²) < 4.78 is 6.98. The highest BCUT2D eigenvalue weighted by Crippen LogP contribution is 2.27. The third-order valence-electron chi connectivity index (χ3n) is 4.85. The normalized spacial score (nSPS) is 12.0. The van der Waals surface area contributed by atoms with Gasteiger partial charge in [0, 0.05) is 18.3 Å². The minimum Gasteiger partial charge on any atom is -0.444 e. The van der Waals surface area contributed by atoms with Crippen LogP contribution in [0.1, 0.15) is 46.5 Å². The Bertz CT molecular complexity index is 910. The predicted octanol–water partition coefficient (Wildman–Crippen LogP) is 5.15. The van der Waals surface area contributed by atoms with Gasteiger partial charge in [-0.15, -0.1) is 0 Å². The Morgan fingerprint density at radius 2 is 1.85 bits per heavy atom. The molecule has 0 N–H and O–H groups in total. The second-order valence-corrected chi connectivity index (χ2v) is 6.71. The number of aromatic nitrogens is 2. The third kappa shape index (κ3) is 3.69. The van der Waals surface area contributed by atoms with Gasteiger partial charge in [0.05, 0.1) is 0 Å². The summed E-state index contributed by atoms with van der Waals surface area (Å²) in [7, 11) is 0. The highest BCUT2D eigenvalue weighted by Gasteiger charge is 2.20. The van der Waals surface area contributed by atoms with E-state index in [1.807, 2.05) is 37.3 Å². The van der Waals surface area contributed by atoms with Crippen LogP contribution in [-0.4, -0.2) is 15.6 Å². The maximum absolute atomic E-state index is 12.6. The lowest BCUT2D eigenvalue weighted by Crippen LogP contribution is -2.18. The first-order chi connectivity index (χ1) is 12.5. The second-order valence-electron chi connectivity index (χ2n) is 6.71. The molecule has 0 spiro atoms. The van der Waals surface area contributed by atoms with Crippen molar-refractivity contribution in [2.45, 2.75) is 40.2 Å². The summed E-state index contributed by atoms with van der Waals surface area (Å²) >= 11 is 0. The Morgan fingerprint density at radius 3 is 2.58 bits per heavy atom. The van der Waals surface area contributed by atoms with Crippen LogP contribution in [0.3, 0.4) is 0 Å². The number of carbonyl (C=O) groups is 1. The Labute approximate surface area is 154 Å². The Balaban J connectivity index is 1.78. The molecule has 1 heterocycles. The number of carbonyl (C=O) groups excluding carboxylic acids is 1. The minimum atomic E-state index is -0.407. The van der Waals surface area contributed by atoms with Crippen LogP contribution in [0.15, 0.2) is 54.9 Å². The van der Waals surface area contributed by atoms with E-state index in [1.165, 1.54) is 26.8 Å². The van der Waals surface area contributed by atoms with Gasteiger partial charge in [-0.1, -0.05) is 55.0 Å². The lowest BCUT2D eigenvalue weighted by molar-refractivity contribution is 0.140. The molecule has 134 valence electrons. The SMILES string of the molecule is Cc1ccc(COC(=O)n2ccnc2[C@@H](C)c2cccc(C)c2C)cc1. The first-order valence-electron chi connectivity index (χ1n) is 8.79. The number of ether oxygens (including phenoxy) is 1. The van der Waals surface area contributed by atoms with Crippen LogP contribution in [0.5, 0.6) is 0 Å². The first-order valence-corrected chi connectivity index (χ1v) is 8.79. The topological polar surface area (TPSA) is 44.1 Å². The fraction of sp³-hybridized carbons (Fsp3) is 0.273. The minimum absolute atomic E-state index is 0.00294. The van der Waals surface area contributed by atoms with Crippen molar-refractivity contribution in [3.05, 3.63) is 88.5 Å². The van der Waals surface area contributed by atoms with Crippen LogP contribution < -0.4 is 0 Å². The molecule has 3 rings (SSSR count). The molecule has 2 aromatic carbocycles. The summed E-state index contributed by atoms with van der Waals surface area (Å²) in [6, 6.07) is 14.2. The maximum atomic E-state index is 12.6. The number of benzene rings is 2. The van der Waals surface area contributed by atoms with Gasteiger partial charge in [-0.3, -0.25) is 0 Å². The van der Waals surface area contributed by atoms with E-state index in [-0.39, 0.29) is 12.5 Å². The zero-order valence-electron chi connectivity index (χ0n) is 15.7. The van der Waals surface area contributed by atoms with Crippen molar-refractivity contribution < 1.29 is 9.53 Å². The van der Waals surface area contributed by atoms with E-state index in [2.05, 4.69) is 37.9 Å². The summed E-state index contributed by atoms with van der Waals surface area (Å²) in [6.07, 6.45) is 2.90. The molecule has 1 atom stereocenters. The molecule has 1 aromatic heterocycles. The third-order valence-corrected chi connectivity index (χ3v) is 4.85. The molecule has 4 heteroatoms. The molecule has 0 unspecified atom stereocenters. The molecular weight excluding hydrogens is 324 g/mol. The van der Waals surface area contributed by atoms with Crippen molar-refractivity contribution in [2.24, 2.45) is 0 Å². The smallest absolute Gasteiger partial charge is 0.419 e. The molecule has 0 fully saturated rings. The zero-order chi connectivity index (χ0) is 18.7. The Morgan fingerprint density at radius 1 is 1.12 bits per heavy atom. The standard InChI is InChI=1S/C22H24N2O2/c1-15-8-10-19(11-9-15)14-26-22(25)24-13-12-23-21(24)18(4)20-7-5-6-16(2)17(20)3/h5-13,18H,14H2,1-4H3/t18-/m0/s1.